The second-order valence-corrected chi connectivity index (χ2v) is 6.43. The Bertz CT molecular complexity index is 739. The van der Waals surface area contributed by atoms with Crippen molar-refractivity contribution in [2.24, 2.45) is 0 Å². The van der Waals surface area contributed by atoms with Crippen molar-refractivity contribution in [3.63, 3.8) is 0 Å². The second kappa shape index (κ2) is 5.77. The Morgan fingerprint density at radius 3 is 2.10 bits per heavy atom. The first kappa shape index (κ1) is 15.4. The molecule has 0 radical (unpaired) electrons. The molecule has 3 nitrogen and oxygen atoms in total. The van der Waals surface area contributed by atoms with E-state index in [-0.39, 0.29) is 20.8 Å². The van der Waals surface area contributed by atoms with Crippen LogP contribution in [-0.4, -0.2) is 8.42 Å². The van der Waals surface area contributed by atoms with Gasteiger partial charge in [-0.2, -0.15) is 8.42 Å². The first-order chi connectivity index (χ1) is 9.31. The van der Waals surface area contributed by atoms with Gasteiger partial charge in [0.1, 0.15) is 10.7 Å². The van der Waals surface area contributed by atoms with E-state index in [1.54, 1.807) is 0 Å². The zero-order valence-electron chi connectivity index (χ0n) is 9.61. The second-order valence-electron chi connectivity index (χ2n) is 3.67. The summed E-state index contributed by atoms with van der Waals surface area (Å²) in [4.78, 5) is -0.609. The molecule has 2 rings (SSSR count). The van der Waals surface area contributed by atoms with E-state index in [9.17, 15) is 12.8 Å². The average molecular weight is 356 g/mol. The fourth-order valence-corrected chi connectivity index (χ4v) is 3.44. The van der Waals surface area contributed by atoms with Gasteiger partial charge >= 0.3 is 10.1 Å². The van der Waals surface area contributed by atoms with Gasteiger partial charge in [0.2, 0.25) is 0 Å². The summed E-state index contributed by atoms with van der Waals surface area (Å²) in [5, 5.41) is 0.0282. The van der Waals surface area contributed by atoms with Crippen molar-refractivity contribution in [1.29, 1.82) is 0 Å². The molecule has 0 amide bonds. The van der Waals surface area contributed by atoms with Crippen LogP contribution in [0.2, 0.25) is 15.1 Å². The van der Waals surface area contributed by atoms with Crippen molar-refractivity contribution < 1.29 is 17.0 Å². The highest BCUT2D eigenvalue weighted by Crippen LogP contribution is 2.37. The Hall–Kier alpha value is -1.01. The SMILES string of the molecule is O=S(=O)(Oc1c(Cl)cc(Cl)cc1Cl)c1ccccc1F. The van der Waals surface area contributed by atoms with E-state index in [4.69, 9.17) is 39.0 Å². The van der Waals surface area contributed by atoms with Crippen molar-refractivity contribution >= 4 is 44.9 Å². The molecule has 0 saturated carbocycles. The van der Waals surface area contributed by atoms with E-state index in [1.807, 2.05) is 0 Å². The van der Waals surface area contributed by atoms with Gasteiger partial charge in [-0.05, 0) is 24.3 Å². The molecule has 2 aromatic rings. The number of benzene rings is 2. The Labute approximate surface area is 130 Å². The summed E-state index contributed by atoms with van der Waals surface area (Å²) >= 11 is 17.3. The maximum Gasteiger partial charge on any atom is 0.342 e. The molecule has 106 valence electrons. The molecule has 0 aliphatic rings. The average Bonchev–Trinajstić information content (AvgIpc) is 2.34. The van der Waals surface area contributed by atoms with Gasteiger partial charge in [-0.1, -0.05) is 46.9 Å². The van der Waals surface area contributed by atoms with Gasteiger partial charge < -0.3 is 4.18 Å². The molecule has 0 fully saturated rings. The smallest absolute Gasteiger partial charge is 0.342 e. The molecule has 2 aromatic carbocycles. The van der Waals surface area contributed by atoms with Gasteiger partial charge in [0, 0.05) is 5.02 Å². The molecule has 0 spiro atoms. The van der Waals surface area contributed by atoms with Crippen LogP contribution in [0.4, 0.5) is 4.39 Å². The van der Waals surface area contributed by atoms with Crippen LogP contribution in [-0.2, 0) is 10.1 Å². The lowest BCUT2D eigenvalue weighted by Gasteiger charge is -2.10. The Morgan fingerprint density at radius 2 is 1.55 bits per heavy atom. The fourth-order valence-electron chi connectivity index (χ4n) is 1.41. The van der Waals surface area contributed by atoms with E-state index in [2.05, 4.69) is 0 Å². The highest BCUT2D eigenvalue weighted by Gasteiger charge is 2.23. The molecule has 0 bridgehead atoms. The van der Waals surface area contributed by atoms with E-state index in [0.717, 1.165) is 12.1 Å². The maximum absolute atomic E-state index is 13.5. The Balaban J connectivity index is 2.47. The molecule has 0 aromatic heterocycles. The summed E-state index contributed by atoms with van der Waals surface area (Å²) in [6, 6.07) is 7.33. The standard InChI is InChI=1S/C12H6Cl3FO3S/c13-7-5-8(14)12(9(15)6-7)19-20(17,18)11-4-2-1-3-10(11)16/h1-6H. The minimum atomic E-state index is -4.39. The third-order valence-corrected chi connectivity index (χ3v) is 4.30. The Kier molecular flexibility index (Phi) is 4.44. The van der Waals surface area contributed by atoms with Crippen molar-refractivity contribution in [2.75, 3.05) is 0 Å². The van der Waals surface area contributed by atoms with Crippen LogP contribution >= 0.6 is 34.8 Å². The van der Waals surface area contributed by atoms with Gasteiger partial charge in [-0.15, -0.1) is 0 Å². The summed E-state index contributed by atoms with van der Waals surface area (Å²) in [7, 11) is -4.39. The molecule has 0 atom stereocenters. The van der Waals surface area contributed by atoms with Gasteiger partial charge in [-0.3, -0.25) is 0 Å². The normalized spacial score (nSPS) is 11.4. The van der Waals surface area contributed by atoms with Crippen molar-refractivity contribution in [3.05, 3.63) is 57.3 Å². The number of rotatable bonds is 3. The lowest BCUT2D eigenvalue weighted by Crippen LogP contribution is -2.12. The highest BCUT2D eigenvalue weighted by molar-refractivity contribution is 7.87. The van der Waals surface area contributed by atoms with E-state index < -0.39 is 20.8 Å². The molecular formula is C12H6Cl3FO3S. The summed E-state index contributed by atoms with van der Waals surface area (Å²) < 4.78 is 42.3. The maximum atomic E-state index is 13.5. The predicted molar refractivity (Wildman–Crippen MR) is 75.7 cm³/mol. The third kappa shape index (κ3) is 3.17. The minimum Gasteiger partial charge on any atom is -0.376 e. The molecule has 0 saturated heterocycles. The number of halogens is 4. The van der Waals surface area contributed by atoms with Crippen LogP contribution in [0.3, 0.4) is 0 Å². The van der Waals surface area contributed by atoms with E-state index in [0.29, 0.717) is 0 Å². The van der Waals surface area contributed by atoms with Crippen molar-refractivity contribution in [2.45, 2.75) is 4.90 Å². The number of hydrogen-bond acceptors (Lipinski definition) is 3. The summed E-state index contributed by atoms with van der Waals surface area (Å²) in [5.41, 5.74) is 0. The molecular weight excluding hydrogens is 350 g/mol. The first-order valence-corrected chi connectivity index (χ1v) is 7.69. The first-order valence-electron chi connectivity index (χ1n) is 5.15. The molecule has 0 unspecified atom stereocenters. The monoisotopic (exact) mass is 354 g/mol. The van der Waals surface area contributed by atoms with Gasteiger partial charge in [0.05, 0.1) is 10.0 Å². The van der Waals surface area contributed by atoms with Crippen molar-refractivity contribution in [1.82, 2.24) is 0 Å². The topological polar surface area (TPSA) is 43.4 Å². The molecule has 0 aliphatic heterocycles. The Morgan fingerprint density at radius 1 is 1.00 bits per heavy atom. The van der Waals surface area contributed by atoms with Crippen LogP contribution in [0.5, 0.6) is 5.75 Å². The summed E-state index contributed by atoms with van der Waals surface area (Å²) in [6.45, 7) is 0. The zero-order chi connectivity index (χ0) is 14.9. The molecule has 0 N–H and O–H groups in total. The quantitative estimate of drug-likeness (QED) is 0.758. The predicted octanol–water partition coefficient (Wildman–Crippen LogP) is 4.55. The van der Waals surface area contributed by atoms with Crippen LogP contribution < -0.4 is 4.18 Å². The van der Waals surface area contributed by atoms with E-state index in [1.165, 1.54) is 24.3 Å². The van der Waals surface area contributed by atoms with Crippen LogP contribution in [0.1, 0.15) is 0 Å². The summed E-state index contributed by atoms with van der Waals surface area (Å²) in [6.07, 6.45) is 0. The van der Waals surface area contributed by atoms with Crippen LogP contribution in [0, 0.1) is 5.82 Å². The fraction of sp³-hybridized carbons (Fsp3) is 0. The summed E-state index contributed by atoms with van der Waals surface area (Å²) in [5.74, 6) is -1.24. The highest BCUT2D eigenvalue weighted by atomic mass is 35.5. The third-order valence-electron chi connectivity index (χ3n) is 2.26. The van der Waals surface area contributed by atoms with E-state index >= 15 is 0 Å². The van der Waals surface area contributed by atoms with Crippen LogP contribution in [0.15, 0.2) is 41.3 Å². The van der Waals surface area contributed by atoms with Crippen LogP contribution in [0.25, 0.3) is 0 Å². The minimum absolute atomic E-state index is 0.0950. The lowest BCUT2D eigenvalue weighted by atomic mass is 10.3. The largest absolute Gasteiger partial charge is 0.376 e. The lowest BCUT2D eigenvalue weighted by molar-refractivity contribution is 0.476. The molecule has 0 heterocycles. The molecule has 8 heteroatoms. The van der Waals surface area contributed by atoms with Gasteiger partial charge in [0.25, 0.3) is 0 Å². The van der Waals surface area contributed by atoms with Gasteiger partial charge in [-0.25, -0.2) is 4.39 Å². The molecule has 20 heavy (non-hydrogen) atoms. The zero-order valence-corrected chi connectivity index (χ0v) is 12.7. The molecule has 0 aliphatic carbocycles. The number of hydrogen-bond donors (Lipinski definition) is 0. The van der Waals surface area contributed by atoms with Gasteiger partial charge in [0.15, 0.2) is 5.75 Å². The van der Waals surface area contributed by atoms with Crippen molar-refractivity contribution in [3.8, 4) is 5.75 Å².